The van der Waals surface area contributed by atoms with Gasteiger partial charge in [-0.2, -0.15) is 0 Å². The van der Waals surface area contributed by atoms with Gasteiger partial charge in [-0.1, -0.05) is 6.07 Å². The highest BCUT2D eigenvalue weighted by Crippen LogP contribution is 2.10. The molecule has 0 radical (unpaired) electrons. The Morgan fingerprint density at radius 1 is 1.27 bits per heavy atom. The van der Waals surface area contributed by atoms with Crippen molar-refractivity contribution < 1.29 is 4.79 Å². The molecule has 0 atom stereocenters. The van der Waals surface area contributed by atoms with Gasteiger partial charge in [0, 0.05) is 58.4 Å². The van der Waals surface area contributed by atoms with Crippen LogP contribution >= 0.6 is 0 Å². The van der Waals surface area contributed by atoms with Crippen molar-refractivity contribution in [1.82, 2.24) is 24.3 Å². The Hall–Kier alpha value is -2.21. The Bertz CT molecular complexity index is 624. The van der Waals surface area contributed by atoms with Crippen molar-refractivity contribution >= 4 is 5.91 Å². The number of hydrogen-bond donors (Lipinski definition) is 0. The van der Waals surface area contributed by atoms with E-state index in [0.29, 0.717) is 5.69 Å². The lowest BCUT2D eigenvalue weighted by molar-refractivity contribution is 0.0755. The van der Waals surface area contributed by atoms with Crippen molar-refractivity contribution in [3.05, 3.63) is 48.3 Å². The van der Waals surface area contributed by atoms with E-state index in [1.54, 1.807) is 23.3 Å². The number of nitrogens with zero attached hydrogens (tertiary/aromatic N) is 5. The van der Waals surface area contributed by atoms with Crippen molar-refractivity contribution in [2.45, 2.75) is 13.0 Å². The predicted molar refractivity (Wildman–Crippen MR) is 83.2 cm³/mol. The molecule has 1 aliphatic rings. The van der Waals surface area contributed by atoms with Crippen LogP contribution < -0.4 is 0 Å². The number of aryl methyl sites for hydroxylation is 1. The second-order valence-electron chi connectivity index (χ2n) is 5.71. The first-order valence-corrected chi connectivity index (χ1v) is 7.61. The highest BCUT2D eigenvalue weighted by molar-refractivity contribution is 5.92. The van der Waals surface area contributed by atoms with Crippen LogP contribution in [0.4, 0.5) is 0 Å². The monoisotopic (exact) mass is 299 g/mol. The van der Waals surface area contributed by atoms with E-state index < -0.39 is 0 Å². The van der Waals surface area contributed by atoms with E-state index in [9.17, 15) is 4.79 Å². The van der Waals surface area contributed by atoms with Gasteiger partial charge in [0.1, 0.15) is 5.69 Å². The van der Waals surface area contributed by atoms with E-state index in [-0.39, 0.29) is 5.91 Å². The molecule has 1 aliphatic heterocycles. The lowest BCUT2D eigenvalue weighted by Gasteiger charge is -2.21. The molecule has 116 valence electrons. The van der Waals surface area contributed by atoms with Crippen molar-refractivity contribution in [1.29, 1.82) is 0 Å². The maximum absolute atomic E-state index is 12.5. The van der Waals surface area contributed by atoms with Crippen molar-refractivity contribution in [2.24, 2.45) is 7.05 Å². The molecule has 6 heteroatoms. The van der Waals surface area contributed by atoms with Crippen LogP contribution in [0.25, 0.3) is 0 Å². The van der Waals surface area contributed by atoms with Gasteiger partial charge < -0.3 is 9.47 Å². The molecule has 0 aliphatic carbocycles. The van der Waals surface area contributed by atoms with Crippen LogP contribution in [0, 0.1) is 0 Å². The van der Waals surface area contributed by atoms with Crippen LogP contribution in [-0.4, -0.2) is 56.4 Å². The minimum Gasteiger partial charge on any atom is -0.340 e. The Morgan fingerprint density at radius 3 is 2.91 bits per heavy atom. The summed E-state index contributed by atoms with van der Waals surface area (Å²) in [6, 6.07) is 4.05. The summed E-state index contributed by atoms with van der Waals surface area (Å²) in [5.74, 6) is 0.0313. The topological polar surface area (TPSA) is 54.3 Å². The van der Waals surface area contributed by atoms with E-state index in [1.807, 2.05) is 24.2 Å². The van der Waals surface area contributed by atoms with E-state index in [2.05, 4.69) is 20.9 Å². The molecule has 0 aromatic carbocycles. The maximum atomic E-state index is 12.5. The van der Waals surface area contributed by atoms with Crippen LogP contribution in [-0.2, 0) is 13.6 Å². The van der Waals surface area contributed by atoms with Crippen LogP contribution in [0.15, 0.2) is 37.1 Å². The summed E-state index contributed by atoms with van der Waals surface area (Å²) in [5, 5.41) is 0. The van der Waals surface area contributed by atoms with Gasteiger partial charge in [0.05, 0.1) is 6.33 Å². The zero-order valence-electron chi connectivity index (χ0n) is 12.9. The van der Waals surface area contributed by atoms with Gasteiger partial charge in [-0.15, -0.1) is 0 Å². The fourth-order valence-corrected chi connectivity index (χ4v) is 2.77. The molecule has 0 bridgehead atoms. The van der Waals surface area contributed by atoms with E-state index >= 15 is 0 Å². The molecule has 2 aromatic rings. The van der Waals surface area contributed by atoms with E-state index in [0.717, 1.165) is 39.1 Å². The normalized spacial score (nSPS) is 16.5. The summed E-state index contributed by atoms with van der Waals surface area (Å²) in [6.07, 6.45) is 8.13. The lowest BCUT2D eigenvalue weighted by Crippen LogP contribution is -2.35. The standard InChI is InChI=1S/C16H21N5O/c1-19-12-15(18-13-19)16(22)21-7-3-6-20(8-9-21)11-14-4-2-5-17-10-14/h2,4-5,10,12-13H,3,6-9,11H2,1H3. The lowest BCUT2D eigenvalue weighted by atomic mass is 10.2. The number of carbonyl (C=O) groups is 1. The Labute approximate surface area is 130 Å². The predicted octanol–water partition coefficient (Wildman–Crippen LogP) is 1.16. The van der Waals surface area contributed by atoms with E-state index in [4.69, 9.17) is 0 Å². The second kappa shape index (κ2) is 6.70. The summed E-state index contributed by atoms with van der Waals surface area (Å²) in [5.41, 5.74) is 1.75. The van der Waals surface area contributed by atoms with Crippen molar-refractivity contribution in [3.8, 4) is 0 Å². The van der Waals surface area contributed by atoms with Crippen LogP contribution in [0.5, 0.6) is 0 Å². The average molecular weight is 299 g/mol. The van der Waals surface area contributed by atoms with Crippen molar-refractivity contribution in [3.63, 3.8) is 0 Å². The second-order valence-corrected chi connectivity index (χ2v) is 5.71. The zero-order valence-corrected chi connectivity index (χ0v) is 12.9. The number of amides is 1. The summed E-state index contributed by atoms with van der Waals surface area (Å²) in [7, 11) is 1.88. The third-order valence-corrected chi connectivity index (χ3v) is 3.93. The van der Waals surface area contributed by atoms with E-state index in [1.165, 1.54) is 5.56 Å². The molecule has 22 heavy (non-hydrogen) atoms. The molecule has 0 saturated carbocycles. The minimum absolute atomic E-state index is 0.0313. The van der Waals surface area contributed by atoms with Crippen LogP contribution in [0.1, 0.15) is 22.5 Å². The largest absolute Gasteiger partial charge is 0.340 e. The summed E-state index contributed by atoms with van der Waals surface area (Å²) >= 11 is 0. The Balaban J connectivity index is 1.59. The molecule has 6 nitrogen and oxygen atoms in total. The molecule has 0 N–H and O–H groups in total. The molecule has 0 unspecified atom stereocenters. The average Bonchev–Trinajstić information content (AvgIpc) is 2.83. The van der Waals surface area contributed by atoms with Gasteiger partial charge in [0.2, 0.25) is 0 Å². The number of imidazole rings is 1. The Kier molecular flexibility index (Phi) is 4.48. The smallest absolute Gasteiger partial charge is 0.274 e. The van der Waals surface area contributed by atoms with Gasteiger partial charge >= 0.3 is 0 Å². The Morgan fingerprint density at radius 2 is 2.18 bits per heavy atom. The number of pyridine rings is 1. The third kappa shape index (κ3) is 3.51. The highest BCUT2D eigenvalue weighted by Gasteiger charge is 2.21. The third-order valence-electron chi connectivity index (χ3n) is 3.93. The molecular weight excluding hydrogens is 278 g/mol. The molecular formula is C16H21N5O. The molecule has 1 fully saturated rings. The molecule has 3 heterocycles. The molecule has 1 saturated heterocycles. The number of aromatic nitrogens is 3. The number of carbonyl (C=O) groups excluding carboxylic acids is 1. The highest BCUT2D eigenvalue weighted by atomic mass is 16.2. The van der Waals surface area contributed by atoms with Gasteiger partial charge in [0.15, 0.2) is 0 Å². The van der Waals surface area contributed by atoms with Gasteiger partial charge in [-0.25, -0.2) is 4.98 Å². The quantitative estimate of drug-likeness (QED) is 0.853. The fraction of sp³-hybridized carbons (Fsp3) is 0.438. The first-order chi connectivity index (χ1) is 10.7. The van der Waals surface area contributed by atoms with Crippen LogP contribution in [0.2, 0.25) is 0 Å². The minimum atomic E-state index is 0.0313. The SMILES string of the molecule is Cn1cnc(C(=O)N2CCCN(Cc3cccnc3)CC2)c1. The summed E-state index contributed by atoms with van der Waals surface area (Å²) < 4.78 is 1.81. The number of hydrogen-bond acceptors (Lipinski definition) is 4. The molecule has 2 aromatic heterocycles. The molecule has 0 spiro atoms. The summed E-state index contributed by atoms with van der Waals surface area (Å²) in [6.45, 7) is 4.31. The number of rotatable bonds is 3. The first-order valence-electron chi connectivity index (χ1n) is 7.61. The molecule has 1 amide bonds. The van der Waals surface area contributed by atoms with Crippen LogP contribution in [0.3, 0.4) is 0 Å². The van der Waals surface area contributed by atoms with Gasteiger partial charge in [-0.3, -0.25) is 14.7 Å². The maximum Gasteiger partial charge on any atom is 0.274 e. The molecule has 3 rings (SSSR count). The van der Waals surface area contributed by atoms with Gasteiger partial charge in [-0.05, 0) is 18.1 Å². The zero-order chi connectivity index (χ0) is 15.4. The van der Waals surface area contributed by atoms with Gasteiger partial charge in [0.25, 0.3) is 5.91 Å². The first kappa shape index (κ1) is 14.7. The fourth-order valence-electron chi connectivity index (χ4n) is 2.77. The van der Waals surface area contributed by atoms with Crippen molar-refractivity contribution in [2.75, 3.05) is 26.2 Å². The summed E-state index contributed by atoms with van der Waals surface area (Å²) in [4.78, 5) is 25.1.